The van der Waals surface area contributed by atoms with E-state index in [1.165, 1.54) is 13.0 Å². The molecule has 4 rings (SSSR count). The molecule has 0 bridgehead atoms. The van der Waals surface area contributed by atoms with Crippen molar-refractivity contribution in [1.29, 1.82) is 0 Å². The van der Waals surface area contributed by atoms with Crippen LogP contribution in [0.3, 0.4) is 0 Å². The Hall–Kier alpha value is -2.63. The molecule has 1 fully saturated rings. The van der Waals surface area contributed by atoms with Gasteiger partial charge in [0.1, 0.15) is 5.69 Å². The standard InChI is InChI=1S/C19H17F5N4O2S/c1-2-31(29,30)16-5-12(11-3-4-11)7-26-17(16)14-6-13-15(8-25-14)28(10-27-13)9-18(20,21)19(22,23)24/h5-8,10-11H,2-4,9H2,1H3. The molecule has 1 saturated carbocycles. The first-order valence-electron chi connectivity index (χ1n) is 9.41. The zero-order valence-corrected chi connectivity index (χ0v) is 17.0. The van der Waals surface area contributed by atoms with Crippen LogP contribution in [0.15, 0.2) is 35.7 Å². The van der Waals surface area contributed by atoms with E-state index in [0.717, 1.165) is 30.9 Å². The molecular formula is C19H17F5N4O2S. The van der Waals surface area contributed by atoms with Gasteiger partial charge in [0.05, 0.1) is 46.4 Å². The molecule has 3 aromatic rings. The fraction of sp³-hybridized carbons (Fsp3) is 0.421. The second kappa shape index (κ2) is 7.21. The minimum Gasteiger partial charge on any atom is -0.323 e. The van der Waals surface area contributed by atoms with Crippen LogP contribution in [0.4, 0.5) is 22.0 Å². The van der Waals surface area contributed by atoms with Gasteiger partial charge in [-0.1, -0.05) is 6.92 Å². The third-order valence-corrected chi connectivity index (χ3v) is 6.91. The summed E-state index contributed by atoms with van der Waals surface area (Å²) in [6.45, 7) is -0.139. The molecule has 31 heavy (non-hydrogen) atoms. The van der Waals surface area contributed by atoms with E-state index in [1.54, 1.807) is 12.3 Å². The number of hydrogen-bond donors (Lipinski definition) is 0. The van der Waals surface area contributed by atoms with Crippen molar-refractivity contribution in [2.45, 2.75) is 49.2 Å². The Labute approximate surface area is 174 Å². The van der Waals surface area contributed by atoms with Gasteiger partial charge in [0.15, 0.2) is 9.84 Å². The lowest BCUT2D eigenvalue weighted by atomic mass is 10.1. The zero-order chi connectivity index (χ0) is 22.6. The lowest BCUT2D eigenvalue weighted by molar-refractivity contribution is -0.286. The number of aromatic nitrogens is 4. The fourth-order valence-corrected chi connectivity index (χ4v) is 4.28. The molecule has 0 unspecified atom stereocenters. The first kappa shape index (κ1) is 21.6. The highest BCUT2D eigenvalue weighted by Crippen LogP contribution is 2.42. The molecule has 0 amide bonds. The molecule has 1 aliphatic rings. The number of fused-ring (bicyclic) bond motifs is 1. The van der Waals surface area contributed by atoms with Gasteiger partial charge in [0.2, 0.25) is 0 Å². The first-order chi connectivity index (χ1) is 14.4. The van der Waals surface area contributed by atoms with E-state index in [-0.39, 0.29) is 39.0 Å². The molecule has 6 nitrogen and oxygen atoms in total. The summed E-state index contributed by atoms with van der Waals surface area (Å²) < 4.78 is 90.4. The summed E-state index contributed by atoms with van der Waals surface area (Å²) in [5.41, 5.74) is 1.09. The fourth-order valence-electron chi connectivity index (χ4n) is 3.20. The van der Waals surface area contributed by atoms with E-state index in [1.807, 2.05) is 0 Å². The predicted octanol–water partition coefficient (Wildman–Crippen LogP) is 4.36. The molecule has 0 spiro atoms. The topological polar surface area (TPSA) is 77.7 Å². The summed E-state index contributed by atoms with van der Waals surface area (Å²) in [7, 11) is -3.65. The second-order valence-corrected chi connectivity index (χ2v) is 9.67. The summed E-state index contributed by atoms with van der Waals surface area (Å²) in [6, 6.07) is 2.90. The van der Waals surface area contributed by atoms with E-state index in [0.29, 0.717) is 4.57 Å². The Balaban J connectivity index is 1.76. The summed E-state index contributed by atoms with van der Waals surface area (Å²) in [5.74, 6) is -4.82. The molecular weight excluding hydrogens is 443 g/mol. The molecule has 1 aliphatic carbocycles. The highest BCUT2D eigenvalue weighted by molar-refractivity contribution is 7.91. The number of halogens is 5. The number of rotatable bonds is 6. The highest BCUT2D eigenvalue weighted by Gasteiger charge is 2.57. The monoisotopic (exact) mass is 460 g/mol. The van der Waals surface area contributed by atoms with Gasteiger partial charge in [-0.2, -0.15) is 22.0 Å². The average molecular weight is 460 g/mol. The quantitative estimate of drug-likeness (QED) is 0.511. The summed E-state index contributed by atoms with van der Waals surface area (Å²) in [4.78, 5) is 12.3. The summed E-state index contributed by atoms with van der Waals surface area (Å²) in [5, 5.41) is 0. The molecule has 3 heterocycles. The number of nitrogens with zero attached hydrogens (tertiary/aromatic N) is 4. The largest absolute Gasteiger partial charge is 0.455 e. The maximum Gasteiger partial charge on any atom is 0.455 e. The van der Waals surface area contributed by atoms with Crippen LogP contribution in [-0.4, -0.2) is 45.8 Å². The third kappa shape index (κ3) is 4.00. The Morgan fingerprint density at radius 3 is 2.39 bits per heavy atom. The Morgan fingerprint density at radius 2 is 1.77 bits per heavy atom. The molecule has 0 N–H and O–H groups in total. The van der Waals surface area contributed by atoms with Crippen LogP contribution < -0.4 is 0 Å². The predicted molar refractivity (Wildman–Crippen MR) is 101 cm³/mol. The molecule has 3 aromatic heterocycles. The zero-order valence-electron chi connectivity index (χ0n) is 16.2. The second-order valence-electron chi connectivity index (χ2n) is 7.43. The van der Waals surface area contributed by atoms with Gasteiger partial charge >= 0.3 is 12.1 Å². The van der Waals surface area contributed by atoms with Crippen LogP contribution in [0.25, 0.3) is 22.4 Å². The Bertz CT molecular complexity index is 1250. The van der Waals surface area contributed by atoms with Gasteiger partial charge in [-0.05, 0) is 36.5 Å². The van der Waals surface area contributed by atoms with Gasteiger partial charge in [-0.15, -0.1) is 0 Å². The van der Waals surface area contributed by atoms with Gasteiger partial charge in [0.25, 0.3) is 0 Å². The van der Waals surface area contributed by atoms with Crippen LogP contribution >= 0.6 is 0 Å². The lowest BCUT2D eigenvalue weighted by Crippen LogP contribution is -2.40. The average Bonchev–Trinajstić information content (AvgIpc) is 3.49. The van der Waals surface area contributed by atoms with E-state index < -0.39 is 28.5 Å². The van der Waals surface area contributed by atoms with Crippen LogP contribution in [0, 0.1) is 0 Å². The van der Waals surface area contributed by atoms with Crippen molar-refractivity contribution in [3.05, 3.63) is 36.4 Å². The van der Waals surface area contributed by atoms with Crippen molar-refractivity contribution in [2.24, 2.45) is 0 Å². The van der Waals surface area contributed by atoms with Gasteiger partial charge in [-0.3, -0.25) is 9.97 Å². The van der Waals surface area contributed by atoms with Crippen molar-refractivity contribution >= 4 is 20.9 Å². The van der Waals surface area contributed by atoms with Gasteiger partial charge < -0.3 is 4.57 Å². The molecule has 166 valence electrons. The maximum atomic E-state index is 13.4. The number of pyridine rings is 2. The van der Waals surface area contributed by atoms with Crippen molar-refractivity contribution in [3.8, 4) is 11.4 Å². The molecule has 0 radical (unpaired) electrons. The van der Waals surface area contributed by atoms with Gasteiger partial charge in [-0.25, -0.2) is 13.4 Å². The van der Waals surface area contributed by atoms with E-state index in [4.69, 9.17) is 0 Å². The molecule has 0 aliphatic heterocycles. The highest BCUT2D eigenvalue weighted by atomic mass is 32.2. The maximum absolute atomic E-state index is 13.4. The van der Waals surface area contributed by atoms with Crippen LogP contribution in [0.1, 0.15) is 31.2 Å². The van der Waals surface area contributed by atoms with E-state index in [2.05, 4.69) is 15.0 Å². The minimum absolute atomic E-state index is 0.00860. The lowest BCUT2D eigenvalue weighted by Gasteiger charge is -2.20. The van der Waals surface area contributed by atoms with E-state index >= 15 is 0 Å². The minimum atomic E-state index is -5.70. The van der Waals surface area contributed by atoms with Crippen molar-refractivity contribution in [3.63, 3.8) is 0 Å². The van der Waals surface area contributed by atoms with Crippen LogP contribution in [-0.2, 0) is 16.4 Å². The van der Waals surface area contributed by atoms with E-state index in [9.17, 15) is 30.4 Å². The first-order valence-corrected chi connectivity index (χ1v) is 11.1. The third-order valence-electron chi connectivity index (χ3n) is 5.17. The molecule has 12 heteroatoms. The Kier molecular flexibility index (Phi) is 5.02. The number of imidazole rings is 1. The molecule has 0 atom stereocenters. The summed E-state index contributed by atoms with van der Waals surface area (Å²) >= 11 is 0. The smallest absolute Gasteiger partial charge is 0.323 e. The van der Waals surface area contributed by atoms with Crippen molar-refractivity contribution < 1.29 is 30.4 Å². The van der Waals surface area contributed by atoms with Crippen molar-refractivity contribution in [2.75, 3.05) is 5.75 Å². The normalized spacial score (nSPS) is 15.5. The number of hydrogen-bond acceptors (Lipinski definition) is 5. The Morgan fingerprint density at radius 1 is 1.06 bits per heavy atom. The SMILES string of the molecule is CCS(=O)(=O)c1cc(C2CC2)cnc1-c1cc2ncn(CC(F)(F)C(F)(F)F)c2cn1. The number of alkyl halides is 5. The number of sulfone groups is 1. The summed E-state index contributed by atoms with van der Waals surface area (Å²) in [6.07, 6.45) is -0.261. The van der Waals surface area contributed by atoms with Crippen LogP contribution in [0.2, 0.25) is 0 Å². The van der Waals surface area contributed by atoms with Gasteiger partial charge in [0, 0.05) is 6.20 Å². The molecule has 0 saturated heterocycles. The van der Waals surface area contributed by atoms with Crippen molar-refractivity contribution in [1.82, 2.24) is 19.5 Å². The van der Waals surface area contributed by atoms with Crippen LogP contribution in [0.5, 0.6) is 0 Å². The molecule has 0 aromatic carbocycles.